The van der Waals surface area contributed by atoms with Gasteiger partial charge in [-0.05, 0) is 85.5 Å². The Morgan fingerprint density at radius 2 is 2.12 bits per heavy atom. The maximum Gasteiger partial charge on any atom is 0.303 e. The highest BCUT2D eigenvalue weighted by molar-refractivity contribution is 5.87. The molecule has 2 fully saturated rings. The zero-order valence-corrected chi connectivity index (χ0v) is 15.4. The SMILES string of the molecule is C[C@]12CC[C@@H]3c4ccc(O)cc4CC[C@H]3[C@@H]1[C@@H](CCCC(=O)O)CC2=O. The van der Waals surface area contributed by atoms with Gasteiger partial charge in [-0.3, -0.25) is 9.59 Å². The lowest BCUT2D eigenvalue weighted by molar-refractivity contribution is -0.137. The van der Waals surface area contributed by atoms with E-state index >= 15 is 0 Å². The summed E-state index contributed by atoms with van der Waals surface area (Å²) in [4.78, 5) is 23.7. The lowest BCUT2D eigenvalue weighted by Gasteiger charge is -2.50. The highest BCUT2D eigenvalue weighted by atomic mass is 16.4. The molecule has 3 aliphatic carbocycles. The predicted octanol–water partition coefficient (Wildman–Crippen LogP) is 4.30. The molecule has 0 heterocycles. The fraction of sp³-hybridized carbons (Fsp3) is 0.636. The van der Waals surface area contributed by atoms with Crippen molar-refractivity contribution in [2.45, 2.75) is 64.2 Å². The maximum atomic E-state index is 12.9. The molecule has 3 aliphatic rings. The number of carbonyl (C=O) groups excluding carboxylic acids is 1. The summed E-state index contributed by atoms with van der Waals surface area (Å²) in [5.41, 5.74) is 2.41. The van der Waals surface area contributed by atoms with E-state index in [1.54, 1.807) is 6.07 Å². The normalized spacial score (nSPS) is 35.5. The molecule has 0 aromatic heterocycles. The van der Waals surface area contributed by atoms with Crippen molar-refractivity contribution in [1.29, 1.82) is 0 Å². The van der Waals surface area contributed by atoms with Gasteiger partial charge in [0.05, 0.1) is 0 Å². The third-order valence-electron chi connectivity index (χ3n) is 7.52. The first-order valence-corrected chi connectivity index (χ1v) is 9.97. The smallest absolute Gasteiger partial charge is 0.303 e. The summed E-state index contributed by atoms with van der Waals surface area (Å²) in [6.07, 6.45) is 6.37. The number of fused-ring (bicyclic) bond motifs is 5. The van der Waals surface area contributed by atoms with Crippen LogP contribution in [0.2, 0.25) is 0 Å². The fourth-order valence-corrected chi connectivity index (χ4v) is 6.41. The first-order valence-electron chi connectivity index (χ1n) is 9.97. The van der Waals surface area contributed by atoms with Crippen molar-refractivity contribution in [3.63, 3.8) is 0 Å². The second-order valence-corrected chi connectivity index (χ2v) is 8.85. The number of carboxylic acid groups (broad SMARTS) is 1. The molecular weight excluding hydrogens is 328 g/mol. The Kier molecular flexibility index (Phi) is 4.32. The van der Waals surface area contributed by atoms with Crippen LogP contribution in [0, 0.1) is 23.2 Å². The molecule has 0 radical (unpaired) electrons. The summed E-state index contributed by atoms with van der Waals surface area (Å²) in [6, 6.07) is 5.78. The van der Waals surface area contributed by atoms with Crippen LogP contribution in [0.4, 0.5) is 0 Å². The Balaban J connectivity index is 1.61. The molecule has 0 saturated heterocycles. The molecule has 140 valence electrons. The van der Waals surface area contributed by atoms with Crippen LogP contribution in [0.3, 0.4) is 0 Å². The number of phenolic OH excluding ortho intramolecular Hbond substituents is 1. The summed E-state index contributed by atoms with van der Waals surface area (Å²) in [5.74, 6) is 1.69. The second kappa shape index (κ2) is 6.40. The molecular formula is C22H28O4. The zero-order chi connectivity index (χ0) is 18.5. The Morgan fingerprint density at radius 3 is 2.88 bits per heavy atom. The number of rotatable bonds is 4. The molecule has 4 heteroatoms. The number of aliphatic carboxylic acids is 1. The Morgan fingerprint density at radius 1 is 1.31 bits per heavy atom. The number of phenols is 1. The highest BCUT2D eigenvalue weighted by Gasteiger charge is 2.58. The molecule has 2 N–H and O–H groups in total. The number of Topliss-reactive ketones (excluding diaryl/α,β-unsaturated/α-hetero) is 1. The monoisotopic (exact) mass is 356 g/mol. The second-order valence-electron chi connectivity index (χ2n) is 8.85. The molecule has 0 bridgehead atoms. The highest BCUT2D eigenvalue weighted by Crippen LogP contribution is 2.62. The van der Waals surface area contributed by atoms with E-state index in [2.05, 4.69) is 13.0 Å². The topological polar surface area (TPSA) is 74.6 Å². The van der Waals surface area contributed by atoms with E-state index in [-0.39, 0.29) is 11.8 Å². The van der Waals surface area contributed by atoms with E-state index in [0.717, 1.165) is 32.1 Å². The minimum atomic E-state index is -0.745. The van der Waals surface area contributed by atoms with Gasteiger partial charge in [0.15, 0.2) is 0 Å². The zero-order valence-electron chi connectivity index (χ0n) is 15.4. The van der Waals surface area contributed by atoms with Gasteiger partial charge in [0.1, 0.15) is 11.5 Å². The quantitative estimate of drug-likeness (QED) is 0.843. The van der Waals surface area contributed by atoms with E-state index in [1.165, 1.54) is 11.1 Å². The van der Waals surface area contributed by atoms with Gasteiger partial charge in [0.25, 0.3) is 0 Å². The van der Waals surface area contributed by atoms with Crippen LogP contribution in [-0.4, -0.2) is 22.0 Å². The van der Waals surface area contributed by atoms with Crippen LogP contribution in [0.15, 0.2) is 18.2 Å². The molecule has 0 amide bonds. The van der Waals surface area contributed by atoms with Gasteiger partial charge in [-0.2, -0.15) is 0 Å². The number of carbonyl (C=O) groups is 2. The standard InChI is InChI=1S/C22H28O4/c1-22-10-9-17-16-8-6-15(23)11-13(16)5-7-18(17)21(22)14(12-19(22)24)3-2-4-20(25)26/h6,8,11,14,17-18,21,23H,2-5,7,9-10,12H2,1H3,(H,25,26)/t14-,17+,18+,21-,22+/m0/s1. The van der Waals surface area contributed by atoms with Crippen molar-refractivity contribution in [1.82, 2.24) is 0 Å². The minimum absolute atomic E-state index is 0.199. The van der Waals surface area contributed by atoms with E-state index in [4.69, 9.17) is 5.11 Å². The molecule has 0 unspecified atom stereocenters. The predicted molar refractivity (Wildman–Crippen MR) is 98.1 cm³/mol. The van der Waals surface area contributed by atoms with E-state index in [1.807, 2.05) is 6.07 Å². The molecule has 26 heavy (non-hydrogen) atoms. The van der Waals surface area contributed by atoms with Crippen LogP contribution >= 0.6 is 0 Å². The number of carboxylic acids is 1. The van der Waals surface area contributed by atoms with Crippen LogP contribution in [-0.2, 0) is 16.0 Å². The fourth-order valence-electron chi connectivity index (χ4n) is 6.41. The molecule has 5 atom stereocenters. The maximum absolute atomic E-state index is 12.9. The van der Waals surface area contributed by atoms with Crippen LogP contribution in [0.1, 0.15) is 68.9 Å². The summed E-state index contributed by atoms with van der Waals surface area (Å²) in [7, 11) is 0. The molecule has 1 aromatic rings. The summed E-state index contributed by atoms with van der Waals surface area (Å²) < 4.78 is 0. The number of aryl methyl sites for hydroxylation is 1. The van der Waals surface area contributed by atoms with Crippen molar-refractivity contribution in [3.05, 3.63) is 29.3 Å². The molecule has 0 spiro atoms. The third-order valence-corrected chi connectivity index (χ3v) is 7.52. The Labute approximate surface area is 154 Å². The van der Waals surface area contributed by atoms with Gasteiger partial charge in [-0.25, -0.2) is 0 Å². The van der Waals surface area contributed by atoms with Crippen molar-refractivity contribution in [3.8, 4) is 5.75 Å². The lowest BCUT2D eigenvalue weighted by atomic mass is 9.54. The summed E-state index contributed by atoms with van der Waals surface area (Å²) in [5, 5.41) is 18.8. The molecule has 4 rings (SSSR count). The van der Waals surface area contributed by atoms with E-state index < -0.39 is 5.97 Å². The van der Waals surface area contributed by atoms with Gasteiger partial charge in [-0.1, -0.05) is 13.0 Å². The van der Waals surface area contributed by atoms with E-state index in [9.17, 15) is 14.7 Å². The van der Waals surface area contributed by atoms with Gasteiger partial charge < -0.3 is 10.2 Å². The van der Waals surface area contributed by atoms with Gasteiger partial charge in [0, 0.05) is 18.3 Å². The average Bonchev–Trinajstić information content (AvgIpc) is 2.85. The Bertz CT molecular complexity index is 740. The lowest BCUT2D eigenvalue weighted by Crippen LogP contribution is -2.44. The number of hydrogen-bond donors (Lipinski definition) is 2. The number of hydrogen-bond acceptors (Lipinski definition) is 3. The summed E-state index contributed by atoms with van der Waals surface area (Å²) in [6.45, 7) is 2.17. The van der Waals surface area contributed by atoms with Crippen LogP contribution in [0.25, 0.3) is 0 Å². The van der Waals surface area contributed by atoms with Crippen LogP contribution in [0.5, 0.6) is 5.75 Å². The van der Waals surface area contributed by atoms with Crippen molar-refractivity contribution < 1.29 is 19.8 Å². The Hall–Kier alpha value is -1.84. The third kappa shape index (κ3) is 2.74. The largest absolute Gasteiger partial charge is 0.508 e. The summed E-state index contributed by atoms with van der Waals surface area (Å²) >= 11 is 0. The number of ketones is 1. The number of benzene rings is 1. The molecule has 2 saturated carbocycles. The molecule has 0 aliphatic heterocycles. The minimum Gasteiger partial charge on any atom is -0.508 e. The van der Waals surface area contributed by atoms with Gasteiger partial charge >= 0.3 is 5.97 Å². The van der Waals surface area contributed by atoms with Gasteiger partial charge in [-0.15, -0.1) is 0 Å². The average molecular weight is 356 g/mol. The van der Waals surface area contributed by atoms with Gasteiger partial charge in [0.2, 0.25) is 0 Å². The molecule has 4 nitrogen and oxygen atoms in total. The van der Waals surface area contributed by atoms with Crippen molar-refractivity contribution in [2.24, 2.45) is 23.2 Å². The van der Waals surface area contributed by atoms with Crippen LogP contribution < -0.4 is 0 Å². The first kappa shape index (κ1) is 17.6. The van der Waals surface area contributed by atoms with Crippen molar-refractivity contribution in [2.75, 3.05) is 0 Å². The van der Waals surface area contributed by atoms with E-state index in [0.29, 0.717) is 48.0 Å². The molecule has 1 aromatic carbocycles. The number of aromatic hydroxyl groups is 1. The van der Waals surface area contributed by atoms with Crippen molar-refractivity contribution >= 4 is 11.8 Å². The first-order chi connectivity index (χ1) is 12.4.